The van der Waals surface area contributed by atoms with Crippen molar-refractivity contribution in [1.29, 1.82) is 0 Å². The number of ether oxygens (including phenoxy) is 3. The molecule has 0 radical (unpaired) electrons. The van der Waals surface area contributed by atoms with Crippen molar-refractivity contribution in [1.82, 2.24) is 4.90 Å². The minimum Gasteiger partial charge on any atom is -0.493 e. The first-order valence-corrected chi connectivity index (χ1v) is 9.00. The Morgan fingerprint density at radius 3 is 2.59 bits per heavy atom. The van der Waals surface area contributed by atoms with Gasteiger partial charge in [-0.15, -0.1) is 0 Å². The lowest BCUT2D eigenvalue weighted by molar-refractivity contribution is -0.143. The lowest BCUT2D eigenvalue weighted by Gasteiger charge is -2.44. The van der Waals surface area contributed by atoms with Crippen molar-refractivity contribution in [2.75, 3.05) is 20.8 Å². The van der Waals surface area contributed by atoms with Crippen molar-refractivity contribution in [2.45, 2.75) is 25.3 Å². The second-order valence-electron chi connectivity index (χ2n) is 6.93. The summed E-state index contributed by atoms with van der Waals surface area (Å²) in [5.74, 6) is 0.00299. The van der Waals surface area contributed by atoms with Gasteiger partial charge >= 0.3 is 12.1 Å². The molecule has 3 rings (SSSR count). The van der Waals surface area contributed by atoms with Gasteiger partial charge in [-0.05, 0) is 48.7 Å². The van der Waals surface area contributed by atoms with Gasteiger partial charge in [0.25, 0.3) is 0 Å². The molecule has 0 saturated carbocycles. The summed E-state index contributed by atoms with van der Waals surface area (Å²) in [5, 5.41) is 9.70. The van der Waals surface area contributed by atoms with Crippen molar-refractivity contribution in [2.24, 2.45) is 0 Å². The van der Waals surface area contributed by atoms with E-state index in [1.165, 1.54) is 37.3 Å². The molecule has 2 aromatic rings. The fraction of sp³-hybridized carbons (Fsp3) is 0.333. The third-order valence-corrected chi connectivity index (χ3v) is 5.14. The lowest BCUT2D eigenvalue weighted by atomic mass is 9.79. The summed E-state index contributed by atoms with van der Waals surface area (Å²) < 4.78 is 29.6. The van der Waals surface area contributed by atoms with Crippen molar-refractivity contribution in [3.8, 4) is 17.2 Å². The number of carbonyl (C=O) groups excluding carboxylic acids is 1. The normalized spacial score (nSPS) is 18.0. The summed E-state index contributed by atoms with van der Waals surface area (Å²) in [6, 6.07) is 9.06. The molecule has 7 nitrogen and oxygen atoms in total. The molecule has 1 N–H and O–H groups in total. The predicted molar refractivity (Wildman–Crippen MR) is 102 cm³/mol. The molecule has 29 heavy (non-hydrogen) atoms. The zero-order valence-corrected chi connectivity index (χ0v) is 16.4. The number of methoxy groups -OCH3 is 2. The first-order chi connectivity index (χ1) is 13.8. The topological polar surface area (TPSA) is 85.3 Å². The van der Waals surface area contributed by atoms with Gasteiger partial charge in [-0.25, -0.2) is 9.18 Å². The second-order valence-corrected chi connectivity index (χ2v) is 6.93. The van der Waals surface area contributed by atoms with E-state index in [9.17, 15) is 19.1 Å². The van der Waals surface area contributed by atoms with Crippen LogP contribution in [0, 0.1) is 5.82 Å². The number of nitrogens with zero attached hydrogens (tertiary/aromatic N) is 1. The second kappa shape index (κ2) is 7.98. The molecule has 1 amide bonds. The molecule has 0 saturated heterocycles. The van der Waals surface area contributed by atoms with E-state index in [4.69, 9.17) is 14.2 Å². The van der Waals surface area contributed by atoms with Crippen LogP contribution < -0.4 is 9.47 Å². The Hall–Kier alpha value is -3.29. The van der Waals surface area contributed by atoms with Gasteiger partial charge in [-0.3, -0.25) is 9.69 Å². The SMILES string of the molecule is COC(=O)C[C@]1(C)c2cc(Oc3cccc(F)c3)c(OC)cc2CCN1C(=O)O. The van der Waals surface area contributed by atoms with Crippen LogP contribution in [0.15, 0.2) is 36.4 Å². The third kappa shape index (κ3) is 3.96. The van der Waals surface area contributed by atoms with Crippen LogP contribution in [0.25, 0.3) is 0 Å². The summed E-state index contributed by atoms with van der Waals surface area (Å²) in [7, 11) is 2.74. The number of carbonyl (C=O) groups is 2. The highest BCUT2D eigenvalue weighted by molar-refractivity contribution is 5.75. The lowest BCUT2D eigenvalue weighted by Crippen LogP contribution is -2.52. The molecule has 1 atom stereocenters. The van der Waals surface area contributed by atoms with Crippen molar-refractivity contribution in [3.05, 3.63) is 53.3 Å². The van der Waals surface area contributed by atoms with Gasteiger partial charge in [0, 0.05) is 12.6 Å². The quantitative estimate of drug-likeness (QED) is 0.761. The molecular weight excluding hydrogens is 381 g/mol. The Bertz CT molecular complexity index is 947. The predicted octanol–water partition coefficient (Wildman–Crippen LogP) is 3.94. The van der Waals surface area contributed by atoms with Crippen molar-refractivity contribution >= 4 is 12.1 Å². The average molecular weight is 403 g/mol. The van der Waals surface area contributed by atoms with Crippen LogP contribution in [0.1, 0.15) is 24.5 Å². The van der Waals surface area contributed by atoms with Gasteiger partial charge in [0.2, 0.25) is 0 Å². The largest absolute Gasteiger partial charge is 0.493 e. The Morgan fingerprint density at radius 2 is 1.97 bits per heavy atom. The smallest absolute Gasteiger partial charge is 0.408 e. The molecule has 2 aromatic carbocycles. The van der Waals surface area contributed by atoms with Gasteiger partial charge in [-0.2, -0.15) is 0 Å². The number of fused-ring (bicyclic) bond motifs is 1. The van der Waals surface area contributed by atoms with Gasteiger partial charge in [-0.1, -0.05) is 6.07 Å². The van der Waals surface area contributed by atoms with E-state index >= 15 is 0 Å². The van der Waals surface area contributed by atoms with Gasteiger partial charge < -0.3 is 19.3 Å². The van der Waals surface area contributed by atoms with Gasteiger partial charge in [0.05, 0.1) is 26.2 Å². The molecule has 1 heterocycles. The zero-order valence-electron chi connectivity index (χ0n) is 16.4. The fourth-order valence-electron chi connectivity index (χ4n) is 3.68. The number of benzene rings is 2. The van der Waals surface area contributed by atoms with E-state index in [-0.39, 0.29) is 18.7 Å². The van der Waals surface area contributed by atoms with Crippen LogP contribution in [0.2, 0.25) is 0 Å². The van der Waals surface area contributed by atoms with Crippen LogP contribution in [0.3, 0.4) is 0 Å². The molecule has 0 bridgehead atoms. The molecule has 0 unspecified atom stereocenters. The third-order valence-electron chi connectivity index (χ3n) is 5.14. The number of amides is 1. The maximum atomic E-state index is 13.5. The first kappa shape index (κ1) is 20.4. The Morgan fingerprint density at radius 1 is 1.21 bits per heavy atom. The van der Waals surface area contributed by atoms with Gasteiger partial charge in [0.15, 0.2) is 11.5 Å². The van der Waals surface area contributed by atoms with Crippen LogP contribution in [0.5, 0.6) is 17.2 Å². The Balaban J connectivity index is 2.11. The first-order valence-electron chi connectivity index (χ1n) is 9.00. The van der Waals surface area contributed by atoms with Crippen molar-refractivity contribution in [3.63, 3.8) is 0 Å². The molecule has 1 aliphatic rings. The Labute approximate surface area is 167 Å². The van der Waals surface area contributed by atoms with Crippen LogP contribution in [0.4, 0.5) is 9.18 Å². The number of halogens is 1. The monoisotopic (exact) mass is 403 g/mol. The van der Waals surface area contributed by atoms with E-state index in [0.29, 0.717) is 23.5 Å². The van der Waals surface area contributed by atoms with Gasteiger partial charge in [0.1, 0.15) is 11.6 Å². The number of hydrogen-bond donors (Lipinski definition) is 1. The highest BCUT2D eigenvalue weighted by atomic mass is 19.1. The Kier molecular flexibility index (Phi) is 5.63. The molecule has 0 aliphatic carbocycles. The maximum Gasteiger partial charge on any atom is 0.408 e. The molecule has 0 spiro atoms. The number of rotatable bonds is 5. The van der Waals surface area contributed by atoms with E-state index in [1.807, 2.05) is 0 Å². The average Bonchev–Trinajstić information content (AvgIpc) is 2.67. The minimum absolute atomic E-state index is 0.158. The van der Waals surface area contributed by atoms with Crippen LogP contribution >= 0.6 is 0 Å². The number of esters is 1. The highest BCUT2D eigenvalue weighted by Gasteiger charge is 2.44. The zero-order chi connectivity index (χ0) is 21.2. The van der Waals surface area contributed by atoms with Crippen molar-refractivity contribution < 1.29 is 33.3 Å². The number of carboxylic acid groups (broad SMARTS) is 1. The summed E-state index contributed by atoms with van der Waals surface area (Å²) in [6.45, 7) is 1.90. The molecule has 154 valence electrons. The van der Waals surface area contributed by atoms with E-state index in [1.54, 1.807) is 25.1 Å². The molecular formula is C21H22FNO6. The van der Waals surface area contributed by atoms with E-state index in [2.05, 4.69) is 0 Å². The van der Waals surface area contributed by atoms with Crippen LogP contribution in [-0.4, -0.2) is 42.8 Å². The molecule has 1 aliphatic heterocycles. The van der Waals surface area contributed by atoms with E-state index < -0.39 is 23.4 Å². The van der Waals surface area contributed by atoms with E-state index in [0.717, 1.165) is 5.56 Å². The molecule has 8 heteroatoms. The van der Waals surface area contributed by atoms with Crippen LogP contribution in [-0.2, 0) is 21.5 Å². The summed E-state index contributed by atoms with van der Waals surface area (Å²) in [6.07, 6.45) is -0.839. The summed E-state index contributed by atoms with van der Waals surface area (Å²) in [4.78, 5) is 25.1. The maximum absolute atomic E-state index is 13.5. The number of hydrogen-bond acceptors (Lipinski definition) is 5. The standard InChI is InChI=1S/C21H22FNO6/c1-21(12-19(24)28-3)16-11-18(29-15-6-4-5-14(22)10-15)17(27-2)9-13(16)7-8-23(21)20(25)26/h4-6,9-11H,7-8,12H2,1-3H3,(H,25,26)/t21-/m1/s1. The highest BCUT2D eigenvalue weighted by Crippen LogP contribution is 2.44. The minimum atomic E-state index is -1.15. The molecule has 0 aromatic heterocycles. The summed E-state index contributed by atoms with van der Waals surface area (Å²) in [5.41, 5.74) is 0.305. The molecule has 0 fully saturated rings. The fourth-order valence-corrected chi connectivity index (χ4v) is 3.68. The summed E-state index contributed by atoms with van der Waals surface area (Å²) >= 11 is 0.